The summed E-state index contributed by atoms with van der Waals surface area (Å²) >= 11 is 0. The summed E-state index contributed by atoms with van der Waals surface area (Å²) < 4.78 is 0. The average Bonchev–Trinajstić information content (AvgIpc) is 2.51. The lowest BCUT2D eigenvalue weighted by Gasteiger charge is -2.27. The topological polar surface area (TPSA) is 56.7 Å². The third-order valence-electron chi connectivity index (χ3n) is 4.47. The van der Waals surface area contributed by atoms with Crippen molar-refractivity contribution >= 4 is 5.96 Å². The van der Waals surface area contributed by atoms with Crippen LogP contribution < -0.4 is 10.6 Å². The first kappa shape index (κ1) is 16.3. The highest BCUT2D eigenvalue weighted by molar-refractivity contribution is 5.80. The molecule has 0 aliphatic heterocycles. The summed E-state index contributed by atoms with van der Waals surface area (Å²) in [6.07, 6.45) is 12.5. The molecule has 0 atom stereocenters. The second-order valence-corrected chi connectivity index (χ2v) is 6.27. The summed E-state index contributed by atoms with van der Waals surface area (Å²) in [5.41, 5.74) is 1.58. The van der Waals surface area contributed by atoms with Gasteiger partial charge in [-0.1, -0.05) is 11.6 Å². The van der Waals surface area contributed by atoms with E-state index in [1.54, 1.807) is 5.57 Å². The number of hydrogen-bond acceptors (Lipinski definition) is 2. The van der Waals surface area contributed by atoms with Crippen LogP contribution in [-0.2, 0) is 0 Å². The molecule has 0 aromatic heterocycles. The normalized spacial score (nSPS) is 27.1. The molecule has 0 spiro atoms. The first-order chi connectivity index (χ1) is 10.3. The Labute approximate surface area is 129 Å². The van der Waals surface area contributed by atoms with Gasteiger partial charge in [0.1, 0.15) is 0 Å². The Morgan fingerprint density at radius 2 is 2.10 bits per heavy atom. The second-order valence-electron chi connectivity index (χ2n) is 6.27. The van der Waals surface area contributed by atoms with Crippen LogP contribution in [0.1, 0.15) is 64.7 Å². The minimum Gasteiger partial charge on any atom is -0.393 e. The molecule has 0 unspecified atom stereocenters. The van der Waals surface area contributed by atoms with E-state index in [0.29, 0.717) is 6.04 Å². The van der Waals surface area contributed by atoms with Crippen molar-refractivity contribution in [2.45, 2.75) is 76.9 Å². The van der Waals surface area contributed by atoms with Crippen molar-refractivity contribution in [3.05, 3.63) is 11.6 Å². The predicted octanol–water partition coefficient (Wildman–Crippen LogP) is 2.74. The molecule has 21 heavy (non-hydrogen) atoms. The maximum Gasteiger partial charge on any atom is 0.191 e. The van der Waals surface area contributed by atoms with E-state index in [2.05, 4.69) is 23.6 Å². The van der Waals surface area contributed by atoms with Crippen molar-refractivity contribution in [3.63, 3.8) is 0 Å². The number of aliphatic hydroxyl groups excluding tert-OH is 1. The van der Waals surface area contributed by atoms with Gasteiger partial charge in [0.2, 0.25) is 0 Å². The van der Waals surface area contributed by atoms with Crippen molar-refractivity contribution in [2.75, 3.05) is 13.1 Å². The average molecular weight is 293 g/mol. The van der Waals surface area contributed by atoms with Gasteiger partial charge >= 0.3 is 0 Å². The van der Waals surface area contributed by atoms with E-state index in [4.69, 9.17) is 4.99 Å². The Kier molecular flexibility index (Phi) is 7.07. The van der Waals surface area contributed by atoms with E-state index >= 15 is 0 Å². The van der Waals surface area contributed by atoms with Gasteiger partial charge in [0, 0.05) is 19.1 Å². The van der Waals surface area contributed by atoms with Crippen LogP contribution in [0.4, 0.5) is 0 Å². The monoisotopic (exact) mass is 293 g/mol. The molecule has 4 nitrogen and oxygen atoms in total. The highest BCUT2D eigenvalue weighted by Crippen LogP contribution is 2.20. The molecule has 0 bridgehead atoms. The number of nitrogens with one attached hydrogen (secondary N) is 2. The minimum atomic E-state index is -0.0965. The van der Waals surface area contributed by atoms with Crippen LogP contribution in [-0.4, -0.2) is 36.3 Å². The molecule has 3 N–H and O–H groups in total. The number of guanidine groups is 1. The van der Waals surface area contributed by atoms with Crippen molar-refractivity contribution in [1.82, 2.24) is 10.6 Å². The van der Waals surface area contributed by atoms with E-state index in [1.807, 2.05) is 0 Å². The molecular weight excluding hydrogens is 262 g/mol. The first-order valence-corrected chi connectivity index (χ1v) is 8.68. The quantitative estimate of drug-likeness (QED) is 0.415. The van der Waals surface area contributed by atoms with Gasteiger partial charge in [-0.2, -0.15) is 0 Å². The van der Waals surface area contributed by atoms with Crippen LogP contribution in [0.15, 0.2) is 16.6 Å². The number of aliphatic imine (C=N–C) groups is 1. The Morgan fingerprint density at radius 3 is 2.76 bits per heavy atom. The summed E-state index contributed by atoms with van der Waals surface area (Å²) in [5.74, 6) is 0.940. The summed E-state index contributed by atoms with van der Waals surface area (Å²) in [4.78, 5) is 4.71. The van der Waals surface area contributed by atoms with E-state index in [0.717, 1.165) is 51.2 Å². The van der Waals surface area contributed by atoms with Crippen molar-refractivity contribution < 1.29 is 5.11 Å². The molecule has 0 aromatic rings. The molecule has 2 rings (SSSR count). The van der Waals surface area contributed by atoms with Crippen LogP contribution in [0.3, 0.4) is 0 Å². The zero-order chi connectivity index (χ0) is 14.9. The number of aliphatic hydroxyl groups is 1. The third kappa shape index (κ3) is 6.08. The highest BCUT2D eigenvalue weighted by Gasteiger charge is 2.19. The standard InChI is InChI=1S/C17H31N3O/c1-2-18-17(20-15-8-10-16(21)11-9-15)19-13-12-14-6-4-3-5-7-14/h6,15-16,21H,2-5,7-13H2,1H3,(H2,18,19,20). The van der Waals surface area contributed by atoms with Gasteiger partial charge in [-0.3, -0.25) is 4.99 Å². The molecule has 0 heterocycles. The van der Waals surface area contributed by atoms with E-state index in [-0.39, 0.29) is 6.10 Å². The SMILES string of the molecule is CCNC(=NCCC1=CCCCC1)NC1CCC(O)CC1. The molecule has 2 aliphatic carbocycles. The summed E-state index contributed by atoms with van der Waals surface area (Å²) in [6, 6.07) is 0.458. The molecule has 2 aliphatic rings. The van der Waals surface area contributed by atoms with Gasteiger partial charge in [-0.05, 0) is 64.7 Å². The van der Waals surface area contributed by atoms with Crippen LogP contribution in [0.2, 0.25) is 0 Å². The fourth-order valence-electron chi connectivity index (χ4n) is 3.18. The van der Waals surface area contributed by atoms with Gasteiger partial charge in [-0.25, -0.2) is 0 Å². The summed E-state index contributed by atoms with van der Waals surface area (Å²) in [7, 11) is 0. The molecular formula is C17H31N3O. The Bertz CT molecular complexity index is 357. The molecule has 4 heteroatoms. The first-order valence-electron chi connectivity index (χ1n) is 8.68. The summed E-state index contributed by atoms with van der Waals surface area (Å²) in [6.45, 7) is 3.87. The van der Waals surface area contributed by atoms with Crippen LogP contribution >= 0.6 is 0 Å². The zero-order valence-corrected chi connectivity index (χ0v) is 13.4. The van der Waals surface area contributed by atoms with Crippen molar-refractivity contribution in [3.8, 4) is 0 Å². The van der Waals surface area contributed by atoms with Gasteiger partial charge < -0.3 is 15.7 Å². The van der Waals surface area contributed by atoms with Crippen molar-refractivity contribution in [2.24, 2.45) is 4.99 Å². The van der Waals surface area contributed by atoms with Gasteiger partial charge in [0.25, 0.3) is 0 Å². The molecule has 0 aromatic carbocycles. The number of hydrogen-bond donors (Lipinski definition) is 3. The lowest BCUT2D eigenvalue weighted by atomic mass is 9.93. The third-order valence-corrected chi connectivity index (χ3v) is 4.47. The Balaban J connectivity index is 1.76. The highest BCUT2D eigenvalue weighted by atomic mass is 16.3. The lowest BCUT2D eigenvalue weighted by Crippen LogP contribution is -2.45. The van der Waals surface area contributed by atoms with Crippen molar-refractivity contribution in [1.29, 1.82) is 0 Å². The number of nitrogens with zero attached hydrogens (tertiary/aromatic N) is 1. The Hall–Kier alpha value is -1.03. The van der Waals surface area contributed by atoms with Gasteiger partial charge in [0.05, 0.1) is 6.10 Å². The van der Waals surface area contributed by atoms with E-state index in [1.165, 1.54) is 25.7 Å². The smallest absolute Gasteiger partial charge is 0.191 e. The largest absolute Gasteiger partial charge is 0.393 e. The van der Waals surface area contributed by atoms with E-state index < -0.39 is 0 Å². The van der Waals surface area contributed by atoms with Crippen LogP contribution in [0, 0.1) is 0 Å². The molecule has 1 saturated carbocycles. The molecule has 0 radical (unpaired) electrons. The molecule has 0 amide bonds. The fourth-order valence-corrected chi connectivity index (χ4v) is 3.18. The second kappa shape index (κ2) is 9.08. The zero-order valence-electron chi connectivity index (χ0n) is 13.4. The lowest BCUT2D eigenvalue weighted by molar-refractivity contribution is 0.120. The maximum absolute atomic E-state index is 9.57. The summed E-state index contributed by atoms with van der Waals surface area (Å²) in [5, 5.41) is 16.4. The van der Waals surface area contributed by atoms with Crippen LogP contribution in [0.5, 0.6) is 0 Å². The van der Waals surface area contributed by atoms with Gasteiger partial charge in [-0.15, -0.1) is 0 Å². The fraction of sp³-hybridized carbons (Fsp3) is 0.824. The molecule has 1 fully saturated rings. The number of rotatable bonds is 5. The molecule has 120 valence electrons. The predicted molar refractivity (Wildman–Crippen MR) is 88.5 cm³/mol. The minimum absolute atomic E-state index is 0.0965. The number of allylic oxidation sites excluding steroid dienone is 1. The van der Waals surface area contributed by atoms with Crippen LogP contribution in [0.25, 0.3) is 0 Å². The maximum atomic E-state index is 9.57. The Morgan fingerprint density at radius 1 is 1.29 bits per heavy atom. The van der Waals surface area contributed by atoms with Gasteiger partial charge in [0.15, 0.2) is 5.96 Å². The van der Waals surface area contributed by atoms with E-state index in [9.17, 15) is 5.11 Å². The molecule has 0 saturated heterocycles.